The number of methoxy groups -OCH3 is 1. The summed E-state index contributed by atoms with van der Waals surface area (Å²) < 4.78 is 6.58. The van der Waals surface area contributed by atoms with Gasteiger partial charge >= 0.3 is 0 Å². The highest BCUT2D eigenvalue weighted by atomic mass is 32.1. The minimum atomic E-state index is 0.410. The van der Waals surface area contributed by atoms with Crippen LogP contribution in [0.4, 0.5) is 0 Å². The Kier molecular flexibility index (Phi) is 2.39. The molecule has 0 aliphatic carbocycles. The summed E-state index contributed by atoms with van der Waals surface area (Å²) in [6, 6.07) is 1.83. The lowest BCUT2D eigenvalue weighted by molar-refractivity contribution is 0.182. The highest BCUT2D eigenvalue weighted by Gasteiger charge is 2.09. The SMILES string of the molecule is COCc1nnn2c(S)cc(C)nc12. The van der Waals surface area contributed by atoms with E-state index in [2.05, 4.69) is 27.9 Å². The Morgan fingerprint density at radius 3 is 3.07 bits per heavy atom. The van der Waals surface area contributed by atoms with Crippen LogP contribution in [0.2, 0.25) is 0 Å². The standard InChI is InChI=1S/C8H10N4OS/c1-5-3-7(14)12-8(9-5)6(4-13-2)10-11-12/h3,14H,4H2,1-2H3. The predicted molar refractivity (Wildman–Crippen MR) is 53.5 cm³/mol. The molecule has 2 aromatic heterocycles. The summed E-state index contributed by atoms with van der Waals surface area (Å²) in [7, 11) is 1.61. The minimum Gasteiger partial charge on any atom is -0.378 e. The van der Waals surface area contributed by atoms with Gasteiger partial charge in [-0.2, -0.15) is 4.52 Å². The third-order valence-corrected chi connectivity index (χ3v) is 2.15. The van der Waals surface area contributed by atoms with Crippen molar-refractivity contribution in [3.8, 4) is 0 Å². The Morgan fingerprint density at radius 1 is 1.57 bits per heavy atom. The van der Waals surface area contributed by atoms with Gasteiger partial charge in [-0.25, -0.2) is 4.98 Å². The van der Waals surface area contributed by atoms with Gasteiger partial charge < -0.3 is 4.74 Å². The van der Waals surface area contributed by atoms with Crippen molar-refractivity contribution in [3.63, 3.8) is 0 Å². The Hall–Kier alpha value is -1.14. The van der Waals surface area contributed by atoms with Gasteiger partial charge in [0.15, 0.2) is 5.65 Å². The van der Waals surface area contributed by atoms with Crippen LogP contribution in [0.1, 0.15) is 11.4 Å². The molecule has 5 nitrogen and oxygen atoms in total. The Morgan fingerprint density at radius 2 is 2.36 bits per heavy atom. The molecule has 0 atom stereocenters. The predicted octanol–water partition coefficient (Wildman–Crippen LogP) is 0.868. The minimum absolute atomic E-state index is 0.410. The van der Waals surface area contributed by atoms with Crippen LogP contribution in [0, 0.1) is 6.92 Å². The lowest BCUT2D eigenvalue weighted by Gasteiger charge is -1.99. The molecule has 0 unspecified atom stereocenters. The molecule has 6 heteroatoms. The largest absolute Gasteiger partial charge is 0.378 e. The van der Waals surface area contributed by atoms with Gasteiger partial charge in [0.2, 0.25) is 0 Å². The number of thiol groups is 1. The van der Waals surface area contributed by atoms with Crippen molar-refractivity contribution in [2.75, 3.05) is 7.11 Å². The molecule has 2 heterocycles. The van der Waals surface area contributed by atoms with Gasteiger partial charge in [-0.05, 0) is 13.0 Å². The molecule has 2 aromatic rings. The van der Waals surface area contributed by atoms with Gasteiger partial charge in [-0.1, -0.05) is 5.21 Å². The molecule has 0 aliphatic heterocycles. The third-order valence-electron chi connectivity index (χ3n) is 1.83. The van der Waals surface area contributed by atoms with Crippen molar-refractivity contribution in [2.24, 2.45) is 0 Å². The van der Waals surface area contributed by atoms with E-state index in [4.69, 9.17) is 4.74 Å². The average molecular weight is 210 g/mol. The van der Waals surface area contributed by atoms with Crippen LogP contribution in [0.5, 0.6) is 0 Å². The number of hydrogen-bond acceptors (Lipinski definition) is 5. The Labute approximate surface area is 86.5 Å². The molecule has 14 heavy (non-hydrogen) atoms. The van der Waals surface area contributed by atoms with Crippen LogP contribution in [0.25, 0.3) is 5.65 Å². The lowest BCUT2D eigenvalue weighted by atomic mass is 10.4. The summed E-state index contributed by atoms with van der Waals surface area (Å²) >= 11 is 4.28. The third kappa shape index (κ3) is 1.46. The zero-order valence-corrected chi connectivity index (χ0v) is 8.82. The second-order valence-corrected chi connectivity index (χ2v) is 3.42. The monoisotopic (exact) mass is 210 g/mol. The summed E-state index contributed by atoms with van der Waals surface area (Å²) in [4.78, 5) is 4.32. The summed E-state index contributed by atoms with van der Waals surface area (Å²) in [5.41, 5.74) is 2.32. The summed E-state index contributed by atoms with van der Waals surface area (Å²) in [6.07, 6.45) is 0. The first-order chi connectivity index (χ1) is 6.72. The van der Waals surface area contributed by atoms with E-state index < -0.39 is 0 Å². The molecule has 0 spiro atoms. The quantitative estimate of drug-likeness (QED) is 0.590. The molecule has 0 radical (unpaired) electrons. The van der Waals surface area contributed by atoms with Crippen LogP contribution in [0.3, 0.4) is 0 Å². The summed E-state index contributed by atoms with van der Waals surface area (Å²) in [5, 5.41) is 8.61. The van der Waals surface area contributed by atoms with E-state index >= 15 is 0 Å². The molecule has 0 aromatic carbocycles. The van der Waals surface area contributed by atoms with Crippen molar-refractivity contribution >= 4 is 18.3 Å². The van der Waals surface area contributed by atoms with Gasteiger partial charge in [0.05, 0.1) is 6.61 Å². The van der Waals surface area contributed by atoms with Crippen molar-refractivity contribution in [2.45, 2.75) is 18.6 Å². The molecular formula is C8H10N4OS. The molecule has 0 N–H and O–H groups in total. The molecule has 0 fully saturated rings. The number of nitrogens with zero attached hydrogens (tertiary/aromatic N) is 4. The van der Waals surface area contributed by atoms with E-state index in [9.17, 15) is 0 Å². The van der Waals surface area contributed by atoms with E-state index in [1.807, 2.05) is 13.0 Å². The van der Waals surface area contributed by atoms with Crippen molar-refractivity contribution in [1.82, 2.24) is 19.8 Å². The van der Waals surface area contributed by atoms with Gasteiger partial charge in [-0.15, -0.1) is 17.7 Å². The average Bonchev–Trinajstić information content (AvgIpc) is 2.49. The second kappa shape index (κ2) is 3.55. The van der Waals surface area contributed by atoms with Crippen LogP contribution in [-0.2, 0) is 11.3 Å². The molecule has 2 rings (SSSR count). The maximum Gasteiger partial charge on any atom is 0.182 e. The Balaban J connectivity index is 2.66. The number of rotatable bonds is 2. The molecule has 0 bridgehead atoms. The maximum atomic E-state index is 4.99. The molecule has 0 saturated carbocycles. The van der Waals surface area contributed by atoms with Crippen LogP contribution in [0.15, 0.2) is 11.1 Å². The molecule has 0 amide bonds. The fourth-order valence-corrected chi connectivity index (χ4v) is 1.57. The van der Waals surface area contributed by atoms with E-state index in [0.29, 0.717) is 12.3 Å². The Bertz CT molecular complexity index is 468. The molecule has 0 saturated heterocycles. The number of fused-ring (bicyclic) bond motifs is 1. The van der Waals surface area contributed by atoms with E-state index in [1.54, 1.807) is 11.6 Å². The van der Waals surface area contributed by atoms with Crippen LogP contribution in [-0.4, -0.2) is 26.9 Å². The van der Waals surface area contributed by atoms with Crippen molar-refractivity contribution < 1.29 is 4.74 Å². The second-order valence-electron chi connectivity index (χ2n) is 2.96. The van der Waals surface area contributed by atoms with Gasteiger partial charge in [0.25, 0.3) is 0 Å². The zero-order chi connectivity index (χ0) is 10.1. The molecular weight excluding hydrogens is 200 g/mol. The van der Waals surface area contributed by atoms with Gasteiger partial charge in [-0.3, -0.25) is 0 Å². The normalized spacial score (nSPS) is 11.1. The first kappa shape index (κ1) is 9.42. The highest BCUT2D eigenvalue weighted by Crippen LogP contribution is 2.12. The van der Waals surface area contributed by atoms with E-state index in [0.717, 1.165) is 16.4 Å². The van der Waals surface area contributed by atoms with Crippen molar-refractivity contribution in [1.29, 1.82) is 0 Å². The topological polar surface area (TPSA) is 52.3 Å². The number of ether oxygens (including phenoxy) is 1. The highest BCUT2D eigenvalue weighted by molar-refractivity contribution is 7.80. The number of aryl methyl sites for hydroxylation is 1. The fourth-order valence-electron chi connectivity index (χ4n) is 1.25. The summed E-state index contributed by atoms with van der Waals surface area (Å²) in [5.74, 6) is 0. The number of aromatic nitrogens is 4. The first-order valence-corrected chi connectivity index (χ1v) is 4.57. The zero-order valence-electron chi connectivity index (χ0n) is 7.93. The fraction of sp³-hybridized carbons (Fsp3) is 0.375. The van der Waals surface area contributed by atoms with Gasteiger partial charge in [0.1, 0.15) is 10.7 Å². The first-order valence-electron chi connectivity index (χ1n) is 4.12. The maximum absolute atomic E-state index is 4.99. The van der Waals surface area contributed by atoms with Crippen LogP contribution >= 0.6 is 12.6 Å². The van der Waals surface area contributed by atoms with E-state index in [1.165, 1.54) is 0 Å². The number of hydrogen-bond donors (Lipinski definition) is 1. The van der Waals surface area contributed by atoms with Crippen molar-refractivity contribution in [3.05, 3.63) is 17.5 Å². The van der Waals surface area contributed by atoms with Gasteiger partial charge in [0, 0.05) is 12.8 Å². The lowest BCUT2D eigenvalue weighted by Crippen LogP contribution is -1.96. The smallest absolute Gasteiger partial charge is 0.182 e. The van der Waals surface area contributed by atoms with Crippen LogP contribution < -0.4 is 0 Å². The van der Waals surface area contributed by atoms with E-state index in [-0.39, 0.29) is 0 Å². The molecule has 74 valence electrons. The summed E-state index contributed by atoms with van der Waals surface area (Å²) in [6.45, 7) is 2.32. The molecule has 0 aliphatic rings.